The van der Waals surface area contributed by atoms with Gasteiger partial charge < -0.3 is 0 Å². The fourth-order valence-corrected chi connectivity index (χ4v) is 3.09. The topological polar surface area (TPSA) is 58.7 Å². The lowest BCUT2D eigenvalue weighted by atomic mass is 9.98. The van der Waals surface area contributed by atoms with Crippen molar-refractivity contribution in [3.05, 3.63) is 107 Å². The first-order chi connectivity index (χ1) is 13.3. The monoisotopic (exact) mass is 349 g/mol. The SMILES string of the molecule is N#Cc1ccccc1-c1ccccc1-n1cc(-c2ccccn2)ccc1=O. The molecule has 4 heteroatoms. The molecule has 0 aliphatic carbocycles. The molecular weight excluding hydrogens is 334 g/mol. The van der Waals surface area contributed by atoms with Gasteiger partial charge in [0.05, 0.1) is 23.0 Å². The van der Waals surface area contributed by atoms with Gasteiger partial charge in [0.2, 0.25) is 0 Å². The van der Waals surface area contributed by atoms with Gasteiger partial charge in [-0.3, -0.25) is 14.3 Å². The Labute approximate surface area is 156 Å². The molecule has 0 spiro atoms. The molecular formula is C23H15N3O. The molecule has 0 radical (unpaired) electrons. The molecule has 2 heterocycles. The minimum Gasteiger partial charge on any atom is -0.283 e. The van der Waals surface area contributed by atoms with Gasteiger partial charge in [-0.15, -0.1) is 0 Å². The Kier molecular flexibility index (Phi) is 4.34. The third-order valence-electron chi connectivity index (χ3n) is 4.37. The number of hydrogen-bond donors (Lipinski definition) is 0. The fourth-order valence-electron chi connectivity index (χ4n) is 3.09. The molecule has 4 rings (SSSR count). The molecule has 0 fully saturated rings. The number of nitrogens with zero attached hydrogens (tertiary/aromatic N) is 3. The van der Waals surface area contributed by atoms with E-state index in [1.807, 2.05) is 60.7 Å². The smallest absolute Gasteiger partial charge is 0.255 e. The van der Waals surface area contributed by atoms with Crippen molar-refractivity contribution in [2.24, 2.45) is 0 Å². The number of nitriles is 1. The molecule has 2 aromatic carbocycles. The average molecular weight is 349 g/mol. The molecule has 0 amide bonds. The maximum Gasteiger partial charge on any atom is 0.255 e. The summed E-state index contributed by atoms with van der Waals surface area (Å²) in [6.07, 6.45) is 3.51. The number of benzene rings is 2. The zero-order valence-electron chi connectivity index (χ0n) is 14.4. The van der Waals surface area contributed by atoms with Gasteiger partial charge in [-0.25, -0.2) is 0 Å². The predicted octanol–water partition coefficient (Wildman–Crippen LogP) is 4.44. The molecule has 0 saturated heterocycles. The zero-order chi connectivity index (χ0) is 18.6. The third kappa shape index (κ3) is 3.14. The van der Waals surface area contributed by atoms with Crippen molar-refractivity contribution < 1.29 is 0 Å². The summed E-state index contributed by atoms with van der Waals surface area (Å²) in [7, 11) is 0. The first kappa shape index (κ1) is 16.5. The molecule has 4 aromatic rings. The van der Waals surface area contributed by atoms with Crippen LogP contribution in [0.15, 0.2) is 96.1 Å². The molecule has 4 nitrogen and oxygen atoms in total. The Morgan fingerprint density at radius 1 is 0.815 bits per heavy atom. The highest BCUT2D eigenvalue weighted by atomic mass is 16.1. The van der Waals surface area contributed by atoms with Crippen LogP contribution in [0.3, 0.4) is 0 Å². The molecule has 0 bridgehead atoms. The van der Waals surface area contributed by atoms with Crippen LogP contribution in [0.1, 0.15) is 5.56 Å². The summed E-state index contributed by atoms with van der Waals surface area (Å²) in [5.74, 6) is 0. The number of hydrogen-bond acceptors (Lipinski definition) is 3. The van der Waals surface area contributed by atoms with Crippen molar-refractivity contribution in [3.63, 3.8) is 0 Å². The Morgan fingerprint density at radius 3 is 2.33 bits per heavy atom. The van der Waals surface area contributed by atoms with Crippen LogP contribution in [0.2, 0.25) is 0 Å². The first-order valence-corrected chi connectivity index (χ1v) is 8.51. The van der Waals surface area contributed by atoms with Crippen LogP contribution in [0.5, 0.6) is 0 Å². The molecule has 0 aliphatic rings. The second-order valence-electron chi connectivity index (χ2n) is 6.02. The van der Waals surface area contributed by atoms with Crippen LogP contribution in [-0.2, 0) is 0 Å². The van der Waals surface area contributed by atoms with E-state index >= 15 is 0 Å². The van der Waals surface area contributed by atoms with Gasteiger partial charge in [0.15, 0.2) is 0 Å². The minimum absolute atomic E-state index is 0.142. The van der Waals surface area contributed by atoms with Crippen LogP contribution in [0.25, 0.3) is 28.1 Å². The summed E-state index contributed by atoms with van der Waals surface area (Å²) in [5.41, 5.74) is 4.42. The lowest BCUT2D eigenvalue weighted by molar-refractivity contribution is 0.992. The van der Waals surface area contributed by atoms with E-state index in [1.165, 1.54) is 6.07 Å². The molecule has 0 N–H and O–H groups in total. The molecule has 0 saturated carbocycles. The van der Waals surface area contributed by atoms with Gasteiger partial charge >= 0.3 is 0 Å². The van der Waals surface area contributed by atoms with E-state index in [9.17, 15) is 10.1 Å². The Morgan fingerprint density at radius 2 is 1.56 bits per heavy atom. The normalized spacial score (nSPS) is 10.3. The van der Waals surface area contributed by atoms with Gasteiger partial charge in [-0.05, 0) is 30.3 Å². The predicted molar refractivity (Wildman–Crippen MR) is 105 cm³/mol. The van der Waals surface area contributed by atoms with Crippen molar-refractivity contribution in [1.82, 2.24) is 9.55 Å². The van der Waals surface area contributed by atoms with Crippen LogP contribution < -0.4 is 5.56 Å². The third-order valence-corrected chi connectivity index (χ3v) is 4.37. The summed E-state index contributed by atoms with van der Waals surface area (Å²) >= 11 is 0. The van der Waals surface area contributed by atoms with Crippen molar-refractivity contribution in [2.45, 2.75) is 0 Å². The fraction of sp³-hybridized carbons (Fsp3) is 0. The molecule has 128 valence electrons. The second kappa shape index (κ2) is 7.11. The van der Waals surface area contributed by atoms with E-state index in [0.717, 1.165) is 28.1 Å². The standard InChI is InChI=1S/C23H15N3O/c24-15-17-7-1-2-8-19(17)20-9-3-4-11-22(20)26-16-18(12-13-23(26)27)21-10-5-6-14-25-21/h1-14,16H. The van der Waals surface area contributed by atoms with Crippen molar-refractivity contribution in [1.29, 1.82) is 5.26 Å². The van der Waals surface area contributed by atoms with Crippen LogP contribution in [0.4, 0.5) is 0 Å². The van der Waals surface area contributed by atoms with Gasteiger partial charge in [0.1, 0.15) is 0 Å². The summed E-state index contributed by atoms with van der Waals surface area (Å²) in [6.45, 7) is 0. The highest BCUT2D eigenvalue weighted by Gasteiger charge is 2.12. The van der Waals surface area contributed by atoms with E-state index in [1.54, 1.807) is 29.1 Å². The molecule has 0 aliphatic heterocycles. The maximum absolute atomic E-state index is 12.6. The Balaban J connectivity index is 1.94. The largest absolute Gasteiger partial charge is 0.283 e. The van der Waals surface area contributed by atoms with Crippen LogP contribution in [-0.4, -0.2) is 9.55 Å². The lowest BCUT2D eigenvalue weighted by Crippen LogP contribution is -2.17. The summed E-state index contributed by atoms with van der Waals surface area (Å²) in [6, 6.07) is 26.2. The number of pyridine rings is 2. The minimum atomic E-state index is -0.142. The summed E-state index contributed by atoms with van der Waals surface area (Å²) < 4.78 is 1.60. The number of rotatable bonds is 3. The van der Waals surface area contributed by atoms with E-state index in [4.69, 9.17) is 0 Å². The second-order valence-corrected chi connectivity index (χ2v) is 6.02. The van der Waals surface area contributed by atoms with Gasteiger partial charge in [0.25, 0.3) is 5.56 Å². The number of aromatic nitrogens is 2. The highest BCUT2D eigenvalue weighted by Crippen LogP contribution is 2.29. The zero-order valence-corrected chi connectivity index (χ0v) is 14.4. The average Bonchev–Trinajstić information content (AvgIpc) is 2.75. The first-order valence-electron chi connectivity index (χ1n) is 8.51. The summed E-state index contributed by atoms with van der Waals surface area (Å²) in [4.78, 5) is 17.0. The highest BCUT2D eigenvalue weighted by molar-refractivity contribution is 5.78. The lowest BCUT2D eigenvalue weighted by Gasteiger charge is -2.14. The van der Waals surface area contributed by atoms with Crippen LogP contribution >= 0.6 is 0 Å². The Hall–Kier alpha value is -3.97. The Bertz CT molecular complexity index is 1200. The molecule has 0 atom stereocenters. The van der Waals surface area contributed by atoms with Crippen molar-refractivity contribution in [2.75, 3.05) is 0 Å². The summed E-state index contributed by atoms with van der Waals surface area (Å²) in [5, 5.41) is 9.46. The van der Waals surface area contributed by atoms with Gasteiger partial charge in [0, 0.05) is 35.2 Å². The van der Waals surface area contributed by atoms with E-state index in [-0.39, 0.29) is 5.56 Å². The van der Waals surface area contributed by atoms with Gasteiger partial charge in [-0.2, -0.15) is 5.26 Å². The van der Waals surface area contributed by atoms with Crippen molar-refractivity contribution in [3.8, 4) is 34.1 Å². The quantitative estimate of drug-likeness (QED) is 0.549. The molecule has 2 aromatic heterocycles. The molecule has 27 heavy (non-hydrogen) atoms. The van der Waals surface area contributed by atoms with Gasteiger partial charge in [-0.1, -0.05) is 42.5 Å². The number of para-hydroxylation sites is 1. The van der Waals surface area contributed by atoms with E-state index in [2.05, 4.69) is 11.1 Å². The van der Waals surface area contributed by atoms with Crippen molar-refractivity contribution >= 4 is 0 Å². The van der Waals surface area contributed by atoms with Crippen LogP contribution in [0, 0.1) is 11.3 Å². The van der Waals surface area contributed by atoms with E-state index < -0.39 is 0 Å². The molecule has 0 unspecified atom stereocenters. The maximum atomic E-state index is 12.6. The van der Waals surface area contributed by atoms with E-state index in [0.29, 0.717) is 5.56 Å².